The summed E-state index contributed by atoms with van der Waals surface area (Å²) in [5, 5.41) is 0. The molecule has 1 aromatic carbocycles. The second kappa shape index (κ2) is 5.62. The molecule has 78 valence electrons. The molecular formula is C11H17NO2. The number of hydrogen-bond acceptors (Lipinski definition) is 3. The van der Waals surface area contributed by atoms with Crippen LogP contribution in [0.4, 0.5) is 0 Å². The van der Waals surface area contributed by atoms with Crippen molar-refractivity contribution < 1.29 is 9.47 Å². The summed E-state index contributed by atoms with van der Waals surface area (Å²) in [5.41, 5.74) is 6.98. The van der Waals surface area contributed by atoms with Gasteiger partial charge in [-0.25, -0.2) is 0 Å². The van der Waals surface area contributed by atoms with E-state index in [-0.39, 0.29) is 12.8 Å². The second-order valence-electron chi connectivity index (χ2n) is 3.10. The minimum absolute atomic E-state index is 0.0306. The van der Waals surface area contributed by atoms with Crippen molar-refractivity contribution >= 4 is 0 Å². The van der Waals surface area contributed by atoms with E-state index in [1.54, 1.807) is 7.11 Å². The van der Waals surface area contributed by atoms with Crippen molar-refractivity contribution in [3.63, 3.8) is 0 Å². The van der Waals surface area contributed by atoms with Crippen LogP contribution in [-0.4, -0.2) is 13.9 Å². The lowest BCUT2D eigenvalue weighted by Crippen LogP contribution is -2.11. The summed E-state index contributed by atoms with van der Waals surface area (Å²) in [7, 11) is 1.60. The Balaban J connectivity index is 2.79. The van der Waals surface area contributed by atoms with E-state index in [2.05, 4.69) is 6.92 Å². The molecule has 0 spiro atoms. The zero-order chi connectivity index (χ0) is 10.4. The molecule has 0 saturated heterocycles. The predicted octanol–water partition coefficient (Wildman–Crippen LogP) is 2.08. The van der Waals surface area contributed by atoms with E-state index in [1.165, 1.54) is 0 Å². The fraction of sp³-hybridized carbons (Fsp3) is 0.455. The van der Waals surface area contributed by atoms with Gasteiger partial charge in [0.1, 0.15) is 5.75 Å². The van der Waals surface area contributed by atoms with Gasteiger partial charge < -0.3 is 15.2 Å². The second-order valence-corrected chi connectivity index (χ2v) is 3.10. The highest BCUT2D eigenvalue weighted by atomic mass is 16.7. The van der Waals surface area contributed by atoms with Crippen LogP contribution in [0.3, 0.4) is 0 Å². The van der Waals surface area contributed by atoms with Crippen molar-refractivity contribution in [3.8, 4) is 5.75 Å². The molecule has 0 fully saturated rings. The SMILES string of the molecule is CCC(N)c1ccccc1OCOC. The van der Waals surface area contributed by atoms with E-state index in [9.17, 15) is 0 Å². The molecule has 0 saturated carbocycles. The number of methoxy groups -OCH3 is 1. The molecule has 0 aliphatic heterocycles. The first-order valence-corrected chi connectivity index (χ1v) is 4.75. The average molecular weight is 195 g/mol. The number of benzene rings is 1. The van der Waals surface area contributed by atoms with Gasteiger partial charge in [0.05, 0.1) is 0 Å². The van der Waals surface area contributed by atoms with E-state index < -0.39 is 0 Å². The van der Waals surface area contributed by atoms with Crippen molar-refractivity contribution in [2.24, 2.45) is 5.73 Å². The smallest absolute Gasteiger partial charge is 0.188 e. The maximum absolute atomic E-state index is 5.95. The number of hydrogen-bond donors (Lipinski definition) is 1. The highest BCUT2D eigenvalue weighted by Crippen LogP contribution is 2.25. The Bertz CT molecular complexity index is 276. The van der Waals surface area contributed by atoms with Crippen LogP contribution in [0.15, 0.2) is 24.3 Å². The van der Waals surface area contributed by atoms with Gasteiger partial charge in [0, 0.05) is 18.7 Å². The van der Waals surface area contributed by atoms with Gasteiger partial charge in [-0.2, -0.15) is 0 Å². The lowest BCUT2D eigenvalue weighted by atomic mass is 10.0. The molecule has 0 aliphatic rings. The number of ether oxygens (including phenoxy) is 2. The molecule has 0 bridgehead atoms. The standard InChI is InChI=1S/C11H17NO2/c1-3-10(12)9-6-4-5-7-11(9)14-8-13-2/h4-7,10H,3,8,12H2,1-2H3. The molecule has 0 amide bonds. The van der Waals surface area contributed by atoms with Crippen molar-refractivity contribution in [1.29, 1.82) is 0 Å². The molecular weight excluding hydrogens is 178 g/mol. The van der Waals surface area contributed by atoms with E-state index in [0.29, 0.717) is 0 Å². The minimum atomic E-state index is 0.0306. The molecule has 1 atom stereocenters. The van der Waals surface area contributed by atoms with E-state index in [1.807, 2.05) is 24.3 Å². The van der Waals surface area contributed by atoms with Crippen LogP contribution < -0.4 is 10.5 Å². The third kappa shape index (κ3) is 2.72. The topological polar surface area (TPSA) is 44.5 Å². The lowest BCUT2D eigenvalue weighted by Gasteiger charge is -2.14. The van der Waals surface area contributed by atoms with Crippen LogP contribution in [0.5, 0.6) is 5.75 Å². The first kappa shape index (κ1) is 11.0. The van der Waals surface area contributed by atoms with E-state index in [0.717, 1.165) is 17.7 Å². The van der Waals surface area contributed by atoms with Crippen LogP contribution in [0, 0.1) is 0 Å². The van der Waals surface area contributed by atoms with E-state index >= 15 is 0 Å². The summed E-state index contributed by atoms with van der Waals surface area (Å²) in [6.07, 6.45) is 0.896. The molecule has 0 radical (unpaired) electrons. The van der Waals surface area contributed by atoms with Gasteiger partial charge in [0.25, 0.3) is 0 Å². The largest absolute Gasteiger partial charge is 0.467 e. The molecule has 0 aromatic heterocycles. The zero-order valence-corrected chi connectivity index (χ0v) is 8.69. The first-order valence-electron chi connectivity index (χ1n) is 4.75. The third-order valence-corrected chi connectivity index (χ3v) is 2.09. The van der Waals surface area contributed by atoms with Crippen molar-refractivity contribution in [1.82, 2.24) is 0 Å². The minimum Gasteiger partial charge on any atom is -0.467 e. The number of rotatable bonds is 5. The molecule has 2 N–H and O–H groups in total. The van der Waals surface area contributed by atoms with Crippen LogP contribution >= 0.6 is 0 Å². The Labute approximate surface area is 84.8 Å². The summed E-state index contributed by atoms with van der Waals surface area (Å²) in [6.45, 7) is 2.31. The van der Waals surface area contributed by atoms with Gasteiger partial charge in [-0.05, 0) is 12.5 Å². The number of para-hydroxylation sites is 1. The average Bonchev–Trinajstić information content (AvgIpc) is 2.25. The Kier molecular flexibility index (Phi) is 4.43. The van der Waals surface area contributed by atoms with Crippen molar-refractivity contribution in [2.45, 2.75) is 19.4 Å². The summed E-state index contributed by atoms with van der Waals surface area (Å²) in [6, 6.07) is 7.81. The van der Waals surface area contributed by atoms with Gasteiger partial charge in [-0.3, -0.25) is 0 Å². The first-order chi connectivity index (χ1) is 6.79. The number of nitrogens with two attached hydrogens (primary N) is 1. The Morgan fingerprint density at radius 1 is 1.36 bits per heavy atom. The lowest BCUT2D eigenvalue weighted by molar-refractivity contribution is 0.0501. The van der Waals surface area contributed by atoms with Gasteiger partial charge >= 0.3 is 0 Å². The molecule has 1 rings (SSSR count). The normalized spacial score (nSPS) is 12.5. The van der Waals surface area contributed by atoms with Crippen LogP contribution in [0.25, 0.3) is 0 Å². The maximum Gasteiger partial charge on any atom is 0.188 e. The fourth-order valence-corrected chi connectivity index (χ4v) is 1.26. The molecule has 3 heteroatoms. The summed E-state index contributed by atoms with van der Waals surface area (Å²) in [5.74, 6) is 0.809. The van der Waals surface area contributed by atoms with Gasteiger partial charge in [-0.15, -0.1) is 0 Å². The molecule has 1 aromatic rings. The van der Waals surface area contributed by atoms with Gasteiger partial charge in [0.15, 0.2) is 6.79 Å². The highest BCUT2D eigenvalue weighted by Gasteiger charge is 2.09. The zero-order valence-electron chi connectivity index (χ0n) is 8.69. The van der Waals surface area contributed by atoms with Gasteiger partial charge in [0.2, 0.25) is 0 Å². The molecule has 0 aliphatic carbocycles. The van der Waals surface area contributed by atoms with Crippen LogP contribution in [-0.2, 0) is 4.74 Å². The third-order valence-electron chi connectivity index (χ3n) is 2.09. The van der Waals surface area contributed by atoms with Crippen LogP contribution in [0.1, 0.15) is 24.9 Å². The molecule has 1 unspecified atom stereocenters. The molecule has 0 heterocycles. The maximum atomic E-state index is 5.95. The van der Waals surface area contributed by atoms with Crippen molar-refractivity contribution in [3.05, 3.63) is 29.8 Å². The summed E-state index contributed by atoms with van der Waals surface area (Å²) < 4.78 is 10.3. The van der Waals surface area contributed by atoms with Gasteiger partial charge in [-0.1, -0.05) is 25.1 Å². The van der Waals surface area contributed by atoms with E-state index in [4.69, 9.17) is 15.2 Å². The predicted molar refractivity (Wildman–Crippen MR) is 56.2 cm³/mol. The van der Waals surface area contributed by atoms with Crippen molar-refractivity contribution in [2.75, 3.05) is 13.9 Å². The Morgan fingerprint density at radius 2 is 2.07 bits per heavy atom. The molecule has 3 nitrogen and oxygen atoms in total. The van der Waals surface area contributed by atoms with Crippen LogP contribution in [0.2, 0.25) is 0 Å². The Morgan fingerprint density at radius 3 is 2.71 bits per heavy atom. The quantitative estimate of drug-likeness (QED) is 0.731. The molecule has 14 heavy (non-hydrogen) atoms. The Hall–Kier alpha value is -1.06. The monoisotopic (exact) mass is 195 g/mol. The fourth-order valence-electron chi connectivity index (χ4n) is 1.26. The summed E-state index contributed by atoms with van der Waals surface area (Å²) in [4.78, 5) is 0. The highest BCUT2D eigenvalue weighted by molar-refractivity contribution is 5.35. The summed E-state index contributed by atoms with van der Waals surface area (Å²) >= 11 is 0.